The lowest BCUT2D eigenvalue weighted by atomic mass is 9.80. The van der Waals surface area contributed by atoms with Crippen LogP contribution >= 0.6 is 0 Å². The summed E-state index contributed by atoms with van der Waals surface area (Å²) >= 11 is 0. The van der Waals surface area contributed by atoms with E-state index >= 15 is 0 Å². The van der Waals surface area contributed by atoms with Crippen molar-refractivity contribution < 1.29 is 19.4 Å². The number of carbonyl (C=O) groups is 1. The Morgan fingerprint density at radius 1 is 1.19 bits per heavy atom. The number of aliphatic hydroxyl groups is 1. The third-order valence-electron chi connectivity index (χ3n) is 7.13. The molecular formula is C28H34N4O4. The van der Waals surface area contributed by atoms with Gasteiger partial charge in [-0.15, -0.1) is 0 Å². The molecule has 0 spiro atoms. The van der Waals surface area contributed by atoms with E-state index in [1.165, 1.54) is 0 Å². The SMILES string of the molecule is Cc1cc(Nc2cc(Oc3cn(C4CC4)nc3C3CCOCC3)ccn2)cc(C(C)(C)C(=O)CO)c1. The van der Waals surface area contributed by atoms with E-state index < -0.39 is 12.0 Å². The fraction of sp³-hybridized carbons (Fsp3) is 0.464. The fourth-order valence-corrected chi connectivity index (χ4v) is 4.64. The Hall–Kier alpha value is -3.23. The Kier molecular flexibility index (Phi) is 6.81. The summed E-state index contributed by atoms with van der Waals surface area (Å²) in [4.78, 5) is 16.8. The molecule has 0 atom stereocenters. The highest BCUT2D eigenvalue weighted by atomic mass is 16.5. The Bertz CT molecular complexity index is 1240. The number of nitrogens with one attached hydrogen (secondary N) is 1. The van der Waals surface area contributed by atoms with Crippen LogP contribution in [0.2, 0.25) is 0 Å². The maximum atomic E-state index is 12.3. The van der Waals surface area contributed by atoms with Crippen molar-refractivity contribution in [2.24, 2.45) is 0 Å². The van der Waals surface area contributed by atoms with Crippen LogP contribution in [0.25, 0.3) is 0 Å². The van der Waals surface area contributed by atoms with Crippen molar-refractivity contribution in [1.29, 1.82) is 0 Å². The van der Waals surface area contributed by atoms with Gasteiger partial charge in [0.05, 0.1) is 17.7 Å². The molecule has 1 saturated heterocycles. The van der Waals surface area contributed by atoms with E-state index in [0.717, 1.165) is 67.2 Å². The second kappa shape index (κ2) is 10.0. The van der Waals surface area contributed by atoms with Crippen LogP contribution in [0, 0.1) is 6.92 Å². The molecular weight excluding hydrogens is 456 g/mol. The van der Waals surface area contributed by atoms with E-state index in [2.05, 4.69) is 15.0 Å². The summed E-state index contributed by atoms with van der Waals surface area (Å²) in [6.45, 7) is 6.66. The summed E-state index contributed by atoms with van der Waals surface area (Å²) in [6, 6.07) is 10.1. The molecule has 1 saturated carbocycles. The lowest BCUT2D eigenvalue weighted by Gasteiger charge is -2.24. The smallest absolute Gasteiger partial charge is 0.168 e. The minimum absolute atomic E-state index is 0.223. The van der Waals surface area contributed by atoms with Gasteiger partial charge in [-0.3, -0.25) is 9.48 Å². The zero-order valence-electron chi connectivity index (χ0n) is 21.2. The van der Waals surface area contributed by atoms with E-state index in [1.54, 1.807) is 6.20 Å². The average Bonchev–Trinajstić information content (AvgIpc) is 3.64. The van der Waals surface area contributed by atoms with Gasteiger partial charge in [-0.1, -0.05) is 6.07 Å². The molecule has 2 fully saturated rings. The molecule has 5 rings (SSSR count). The third-order valence-corrected chi connectivity index (χ3v) is 7.13. The van der Waals surface area contributed by atoms with E-state index in [-0.39, 0.29) is 5.78 Å². The van der Waals surface area contributed by atoms with Crippen LogP contribution in [0.5, 0.6) is 11.5 Å². The Balaban J connectivity index is 1.37. The van der Waals surface area contributed by atoms with Gasteiger partial charge in [0.2, 0.25) is 0 Å². The summed E-state index contributed by atoms with van der Waals surface area (Å²) in [5, 5.41) is 17.6. The van der Waals surface area contributed by atoms with Crippen LogP contribution in [0.15, 0.2) is 42.7 Å². The number of ketones is 1. The van der Waals surface area contributed by atoms with Crippen LogP contribution in [0.1, 0.15) is 68.3 Å². The number of aliphatic hydroxyl groups excluding tert-OH is 1. The highest BCUT2D eigenvalue weighted by molar-refractivity contribution is 5.90. The Morgan fingerprint density at radius 3 is 2.69 bits per heavy atom. The molecule has 8 nitrogen and oxygen atoms in total. The molecule has 36 heavy (non-hydrogen) atoms. The van der Waals surface area contributed by atoms with Gasteiger partial charge < -0.3 is 19.9 Å². The first kappa shape index (κ1) is 24.5. The van der Waals surface area contributed by atoms with Gasteiger partial charge in [0.15, 0.2) is 11.5 Å². The first-order valence-electron chi connectivity index (χ1n) is 12.7. The molecule has 8 heteroatoms. The van der Waals surface area contributed by atoms with Crippen molar-refractivity contribution in [2.75, 3.05) is 25.1 Å². The predicted molar refractivity (Wildman–Crippen MR) is 137 cm³/mol. The summed E-state index contributed by atoms with van der Waals surface area (Å²) in [5.41, 5.74) is 2.88. The number of carbonyl (C=O) groups excluding carboxylic acids is 1. The standard InChI is InChI=1S/C28H34N4O4/c1-18-12-20(28(2,3)25(34)17-33)14-21(13-18)30-26-15-23(6-9-29-26)36-24-16-32(22-4-5-22)31-27(24)19-7-10-35-11-8-19/h6,9,12-16,19,22,33H,4-5,7-8,10-11,17H2,1-3H3,(H,29,30). The number of hydrogen-bond donors (Lipinski definition) is 2. The highest BCUT2D eigenvalue weighted by Crippen LogP contribution is 2.40. The molecule has 190 valence electrons. The zero-order chi connectivity index (χ0) is 25.3. The number of nitrogens with zero attached hydrogens (tertiary/aromatic N) is 3. The third kappa shape index (κ3) is 5.29. The highest BCUT2D eigenvalue weighted by Gasteiger charge is 2.31. The summed E-state index contributed by atoms with van der Waals surface area (Å²) in [7, 11) is 0. The van der Waals surface area contributed by atoms with Gasteiger partial charge in [-0.25, -0.2) is 4.98 Å². The number of pyridine rings is 1. The first-order valence-corrected chi connectivity index (χ1v) is 12.7. The minimum atomic E-state index is -0.794. The lowest BCUT2D eigenvalue weighted by molar-refractivity contribution is -0.126. The van der Waals surface area contributed by atoms with Crippen LogP contribution in [0.4, 0.5) is 11.5 Å². The number of Topliss-reactive ketones (excluding diaryl/α,β-unsaturated/α-hetero) is 1. The predicted octanol–water partition coefficient (Wildman–Crippen LogP) is 5.19. The van der Waals surface area contributed by atoms with Gasteiger partial charge in [0, 0.05) is 37.1 Å². The maximum Gasteiger partial charge on any atom is 0.168 e. The van der Waals surface area contributed by atoms with Crippen molar-refractivity contribution in [3.63, 3.8) is 0 Å². The Morgan fingerprint density at radius 2 is 1.97 bits per heavy atom. The first-order chi connectivity index (χ1) is 17.3. The van der Waals surface area contributed by atoms with Gasteiger partial charge in [-0.05, 0) is 75.8 Å². The number of rotatable bonds is 9. The fourth-order valence-electron chi connectivity index (χ4n) is 4.64. The monoisotopic (exact) mass is 490 g/mol. The van der Waals surface area contributed by atoms with Crippen LogP contribution in [0.3, 0.4) is 0 Å². The number of aryl methyl sites for hydroxylation is 1. The molecule has 3 aromatic rings. The molecule has 1 aliphatic heterocycles. The van der Waals surface area contributed by atoms with Gasteiger partial charge in [0.25, 0.3) is 0 Å². The van der Waals surface area contributed by atoms with E-state index in [4.69, 9.17) is 14.6 Å². The molecule has 0 radical (unpaired) electrons. The normalized spacial score (nSPS) is 16.7. The molecule has 0 unspecified atom stereocenters. The molecule has 3 heterocycles. The number of hydrogen-bond acceptors (Lipinski definition) is 7. The van der Waals surface area contributed by atoms with Crippen molar-refractivity contribution in [1.82, 2.24) is 14.8 Å². The molecule has 0 bridgehead atoms. The topological polar surface area (TPSA) is 98.5 Å². The molecule has 2 aromatic heterocycles. The quantitative estimate of drug-likeness (QED) is 0.426. The Labute approximate surface area is 211 Å². The van der Waals surface area contributed by atoms with Gasteiger partial charge >= 0.3 is 0 Å². The largest absolute Gasteiger partial charge is 0.454 e. The van der Waals surface area contributed by atoms with Crippen LogP contribution < -0.4 is 10.1 Å². The maximum absolute atomic E-state index is 12.3. The summed E-state index contributed by atoms with van der Waals surface area (Å²) < 4.78 is 14.0. The molecule has 0 amide bonds. The van der Waals surface area contributed by atoms with E-state index in [0.29, 0.717) is 23.5 Å². The molecule has 2 aliphatic rings. The number of anilines is 2. The van der Waals surface area contributed by atoms with E-state index in [1.807, 2.05) is 57.3 Å². The molecule has 2 N–H and O–H groups in total. The molecule has 1 aliphatic carbocycles. The van der Waals surface area contributed by atoms with Crippen LogP contribution in [-0.2, 0) is 14.9 Å². The van der Waals surface area contributed by atoms with Crippen molar-refractivity contribution in [3.05, 3.63) is 59.5 Å². The van der Waals surface area contributed by atoms with Crippen molar-refractivity contribution in [2.45, 2.75) is 63.8 Å². The van der Waals surface area contributed by atoms with Crippen molar-refractivity contribution >= 4 is 17.3 Å². The number of aromatic nitrogens is 3. The van der Waals surface area contributed by atoms with Crippen molar-refractivity contribution in [3.8, 4) is 11.5 Å². The summed E-state index contributed by atoms with van der Waals surface area (Å²) in [6.07, 6.45) is 7.97. The minimum Gasteiger partial charge on any atom is -0.454 e. The van der Waals surface area contributed by atoms with E-state index in [9.17, 15) is 9.90 Å². The second-order valence-corrected chi connectivity index (χ2v) is 10.4. The number of benzene rings is 1. The van der Waals surface area contributed by atoms with Gasteiger partial charge in [0.1, 0.15) is 23.9 Å². The van der Waals surface area contributed by atoms with Crippen LogP contribution in [-0.4, -0.2) is 45.5 Å². The average molecular weight is 491 g/mol. The van der Waals surface area contributed by atoms with Gasteiger partial charge in [-0.2, -0.15) is 5.10 Å². The second-order valence-electron chi connectivity index (χ2n) is 10.4. The zero-order valence-corrected chi connectivity index (χ0v) is 21.2. The summed E-state index contributed by atoms with van der Waals surface area (Å²) in [5.74, 6) is 2.23. The lowest BCUT2D eigenvalue weighted by Crippen LogP contribution is -2.31. The molecule has 1 aromatic carbocycles. The number of ether oxygens (including phenoxy) is 2.